The van der Waals surface area contributed by atoms with Gasteiger partial charge in [0.25, 0.3) is 5.91 Å². The zero-order chi connectivity index (χ0) is 21.8. The maximum atomic E-state index is 12.6. The Morgan fingerprint density at radius 2 is 1.81 bits per heavy atom. The van der Waals surface area contributed by atoms with Crippen molar-refractivity contribution in [2.75, 3.05) is 11.9 Å². The molecule has 1 amide bonds. The molecule has 1 N–H and O–H groups in total. The molecule has 0 fully saturated rings. The molecule has 2 aromatic carbocycles. The lowest BCUT2D eigenvalue weighted by molar-refractivity contribution is -0.119. The van der Waals surface area contributed by atoms with Gasteiger partial charge in [-0.25, -0.2) is 9.48 Å². The average molecular weight is 427 g/mol. The van der Waals surface area contributed by atoms with E-state index in [-0.39, 0.29) is 11.4 Å². The highest BCUT2D eigenvalue weighted by molar-refractivity contribution is 5.95. The van der Waals surface area contributed by atoms with Gasteiger partial charge in [-0.05, 0) is 55.7 Å². The molecular formula is C22H19F2N3O4. The van der Waals surface area contributed by atoms with Gasteiger partial charge in [-0.1, -0.05) is 18.2 Å². The summed E-state index contributed by atoms with van der Waals surface area (Å²) in [5.74, 6) is -1.25. The molecule has 7 nitrogen and oxygen atoms in total. The third-order valence-corrected chi connectivity index (χ3v) is 4.82. The molecule has 31 heavy (non-hydrogen) atoms. The highest BCUT2D eigenvalue weighted by Crippen LogP contribution is 2.28. The summed E-state index contributed by atoms with van der Waals surface area (Å²) >= 11 is 0. The van der Waals surface area contributed by atoms with Gasteiger partial charge >= 0.3 is 12.6 Å². The van der Waals surface area contributed by atoms with Crippen molar-refractivity contribution in [1.29, 1.82) is 0 Å². The lowest BCUT2D eigenvalue weighted by Crippen LogP contribution is -2.21. The fraction of sp³-hybridized carbons (Fsp3) is 0.227. The largest absolute Gasteiger partial charge is 0.451 e. The van der Waals surface area contributed by atoms with Crippen LogP contribution in [0.5, 0.6) is 5.75 Å². The summed E-state index contributed by atoms with van der Waals surface area (Å²) < 4.78 is 35.5. The zero-order valence-electron chi connectivity index (χ0n) is 16.4. The van der Waals surface area contributed by atoms with Crippen LogP contribution in [0.4, 0.5) is 14.5 Å². The van der Waals surface area contributed by atoms with E-state index in [9.17, 15) is 18.4 Å². The summed E-state index contributed by atoms with van der Waals surface area (Å²) in [5, 5.41) is 6.96. The van der Waals surface area contributed by atoms with Crippen molar-refractivity contribution in [1.82, 2.24) is 9.78 Å². The van der Waals surface area contributed by atoms with Gasteiger partial charge in [-0.2, -0.15) is 13.9 Å². The Morgan fingerprint density at radius 3 is 2.52 bits per heavy atom. The number of esters is 1. The van der Waals surface area contributed by atoms with Crippen molar-refractivity contribution in [2.45, 2.75) is 25.9 Å². The highest BCUT2D eigenvalue weighted by Gasteiger charge is 2.28. The number of alkyl halides is 2. The van der Waals surface area contributed by atoms with Gasteiger partial charge in [0.1, 0.15) is 5.75 Å². The second kappa shape index (κ2) is 8.95. The monoisotopic (exact) mass is 427 g/mol. The van der Waals surface area contributed by atoms with E-state index in [1.807, 2.05) is 30.3 Å². The number of ether oxygens (including phenoxy) is 2. The molecule has 9 heteroatoms. The topological polar surface area (TPSA) is 82.5 Å². The Bertz CT molecular complexity index is 1080. The molecule has 160 valence electrons. The highest BCUT2D eigenvalue weighted by atomic mass is 19.3. The van der Waals surface area contributed by atoms with Gasteiger partial charge in [-0.3, -0.25) is 4.79 Å². The van der Waals surface area contributed by atoms with Crippen molar-refractivity contribution >= 4 is 17.6 Å². The fourth-order valence-electron chi connectivity index (χ4n) is 3.50. The molecule has 0 atom stereocenters. The first-order valence-electron chi connectivity index (χ1n) is 9.69. The van der Waals surface area contributed by atoms with Crippen LogP contribution in [0.2, 0.25) is 0 Å². The minimum atomic E-state index is -2.92. The first-order chi connectivity index (χ1) is 15.0. The van der Waals surface area contributed by atoms with E-state index in [1.165, 1.54) is 24.3 Å². The molecule has 1 aromatic heterocycles. The number of amides is 1. The number of halogens is 2. The molecule has 0 saturated heterocycles. The molecule has 1 heterocycles. The number of benzene rings is 2. The van der Waals surface area contributed by atoms with E-state index in [0.29, 0.717) is 5.69 Å². The number of fused-ring (bicyclic) bond motifs is 1. The Kier molecular flexibility index (Phi) is 5.92. The first-order valence-corrected chi connectivity index (χ1v) is 9.69. The summed E-state index contributed by atoms with van der Waals surface area (Å²) in [5.41, 5.74) is 3.27. The number of nitrogens with zero attached hydrogens (tertiary/aromatic N) is 2. The standard InChI is InChI=1S/C22H19F2N3O4/c23-22(24)31-16-11-9-14(10-12-16)25-19(28)13-30-21(29)20-17-7-4-8-18(17)27(26-20)15-5-2-1-3-6-15/h1-3,5-6,9-12,22H,4,7-8,13H2,(H,25,28). The summed E-state index contributed by atoms with van der Waals surface area (Å²) in [7, 11) is 0. The lowest BCUT2D eigenvalue weighted by atomic mass is 10.2. The lowest BCUT2D eigenvalue weighted by Gasteiger charge is -2.08. The van der Waals surface area contributed by atoms with Crippen molar-refractivity contribution in [3.63, 3.8) is 0 Å². The van der Waals surface area contributed by atoms with E-state index in [0.717, 1.165) is 36.2 Å². The van der Waals surface area contributed by atoms with Crippen molar-refractivity contribution < 1.29 is 27.8 Å². The SMILES string of the molecule is O=C(COC(=O)c1nn(-c2ccccc2)c2c1CCC2)Nc1ccc(OC(F)F)cc1. The molecule has 0 unspecified atom stereocenters. The molecule has 0 aliphatic heterocycles. The number of rotatable bonds is 7. The van der Waals surface area contributed by atoms with Gasteiger partial charge in [0, 0.05) is 16.9 Å². The number of anilines is 1. The van der Waals surface area contributed by atoms with Gasteiger partial charge < -0.3 is 14.8 Å². The summed E-state index contributed by atoms with van der Waals surface area (Å²) in [6.45, 7) is -3.42. The van der Waals surface area contributed by atoms with Gasteiger partial charge in [0.15, 0.2) is 12.3 Å². The summed E-state index contributed by atoms with van der Waals surface area (Å²) in [4.78, 5) is 24.7. The normalized spacial score (nSPS) is 12.5. The van der Waals surface area contributed by atoms with Crippen LogP contribution in [0.1, 0.15) is 28.2 Å². The zero-order valence-corrected chi connectivity index (χ0v) is 16.4. The molecule has 0 radical (unpaired) electrons. The number of carbonyl (C=O) groups excluding carboxylic acids is 2. The van der Waals surface area contributed by atoms with Crippen molar-refractivity contribution in [3.05, 3.63) is 71.5 Å². The number of para-hydroxylation sites is 1. The van der Waals surface area contributed by atoms with Crippen LogP contribution in [-0.4, -0.2) is 34.9 Å². The van der Waals surface area contributed by atoms with Crippen LogP contribution in [0.15, 0.2) is 54.6 Å². The molecule has 4 rings (SSSR count). The molecule has 3 aromatic rings. The minimum absolute atomic E-state index is 0.0257. The number of aromatic nitrogens is 2. The predicted octanol–water partition coefficient (Wildman–Crippen LogP) is 3.76. The number of nitrogens with one attached hydrogen (secondary N) is 1. The van der Waals surface area contributed by atoms with Crippen LogP contribution in [0.3, 0.4) is 0 Å². The van der Waals surface area contributed by atoms with Crippen LogP contribution < -0.4 is 10.1 Å². The van der Waals surface area contributed by atoms with Gasteiger partial charge in [0.05, 0.1) is 5.69 Å². The third kappa shape index (κ3) is 4.71. The molecule has 0 bridgehead atoms. The summed E-state index contributed by atoms with van der Waals surface area (Å²) in [6.07, 6.45) is 2.47. The molecule has 0 saturated carbocycles. The predicted molar refractivity (Wildman–Crippen MR) is 108 cm³/mol. The molecule has 1 aliphatic carbocycles. The van der Waals surface area contributed by atoms with Gasteiger partial charge in [0.2, 0.25) is 0 Å². The fourth-order valence-corrected chi connectivity index (χ4v) is 3.50. The van der Waals surface area contributed by atoms with E-state index in [2.05, 4.69) is 15.2 Å². The van der Waals surface area contributed by atoms with E-state index in [4.69, 9.17) is 4.74 Å². The van der Waals surface area contributed by atoms with Crippen LogP contribution in [0.25, 0.3) is 5.69 Å². The first kappa shape index (κ1) is 20.5. The molecular weight excluding hydrogens is 408 g/mol. The Hall–Kier alpha value is -3.75. The summed E-state index contributed by atoms with van der Waals surface area (Å²) in [6, 6.07) is 14.9. The van der Waals surface area contributed by atoms with Gasteiger partial charge in [-0.15, -0.1) is 0 Å². The second-order valence-electron chi connectivity index (χ2n) is 6.90. The van der Waals surface area contributed by atoms with Crippen molar-refractivity contribution in [3.8, 4) is 11.4 Å². The number of hydrogen-bond acceptors (Lipinski definition) is 5. The quantitative estimate of drug-likeness (QED) is 0.581. The van der Waals surface area contributed by atoms with E-state index in [1.54, 1.807) is 4.68 Å². The number of hydrogen-bond donors (Lipinski definition) is 1. The maximum absolute atomic E-state index is 12.6. The molecule has 1 aliphatic rings. The van der Waals surface area contributed by atoms with Crippen molar-refractivity contribution in [2.24, 2.45) is 0 Å². The van der Waals surface area contributed by atoms with E-state index >= 15 is 0 Å². The number of carbonyl (C=O) groups is 2. The maximum Gasteiger partial charge on any atom is 0.387 e. The Labute approximate surface area is 176 Å². The van der Waals surface area contributed by atoms with Crippen LogP contribution in [-0.2, 0) is 22.4 Å². The Balaban J connectivity index is 1.38. The average Bonchev–Trinajstić information content (AvgIpc) is 3.36. The van der Waals surface area contributed by atoms with Crippen LogP contribution >= 0.6 is 0 Å². The molecule has 0 spiro atoms. The minimum Gasteiger partial charge on any atom is -0.451 e. The third-order valence-electron chi connectivity index (χ3n) is 4.82. The Morgan fingerprint density at radius 1 is 1.06 bits per heavy atom. The second-order valence-corrected chi connectivity index (χ2v) is 6.90. The smallest absolute Gasteiger partial charge is 0.387 e. The van der Waals surface area contributed by atoms with Crippen LogP contribution in [0, 0.1) is 0 Å². The van der Waals surface area contributed by atoms with E-state index < -0.39 is 25.1 Å².